The maximum absolute atomic E-state index is 11.9. The first-order valence-corrected chi connectivity index (χ1v) is 6.71. The van der Waals surface area contributed by atoms with Gasteiger partial charge in [0.25, 0.3) is 10.2 Å². The summed E-state index contributed by atoms with van der Waals surface area (Å²) >= 11 is 0. The molecule has 2 unspecified atom stereocenters. The van der Waals surface area contributed by atoms with Crippen molar-refractivity contribution in [3.05, 3.63) is 0 Å². The monoisotopic (exact) mass is 250 g/mol. The molecule has 6 nitrogen and oxygen atoms in total. The molecule has 0 bridgehead atoms. The predicted molar refractivity (Wildman–Crippen MR) is 59.1 cm³/mol. The number of nitrogens with zero attached hydrogens (tertiary/aromatic N) is 1. The smallest absolute Gasteiger partial charge is 0.322 e. The fraction of sp³-hybridized carbons (Fsp3) is 0.889. The van der Waals surface area contributed by atoms with Gasteiger partial charge in [-0.15, -0.1) is 0 Å². The summed E-state index contributed by atoms with van der Waals surface area (Å²) < 4.78 is 27.2. The highest BCUT2D eigenvalue weighted by molar-refractivity contribution is 7.87. The number of carbonyl (C=O) groups is 1. The standard InChI is InChI=1S/C9H18N2O4S/c1-6(2)10-16(14,15)11-5-4-7(3)8(11)9(12)13/h6-8,10H,4-5H2,1-3H3,(H,12,13). The SMILES string of the molecule is CC(C)NS(=O)(=O)N1CCC(C)C1C(=O)O. The van der Waals surface area contributed by atoms with Gasteiger partial charge in [0, 0.05) is 12.6 Å². The lowest BCUT2D eigenvalue weighted by atomic mass is 10.0. The molecular weight excluding hydrogens is 232 g/mol. The van der Waals surface area contributed by atoms with E-state index in [-0.39, 0.29) is 18.5 Å². The lowest BCUT2D eigenvalue weighted by Gasteiger charge is -2.24. The summed E-state index contributed by atoms with van der Waals surface area (Å²) in [4.78, 5) is 11.0. The minimum absolute atomic E-state index is 0.152. The molecule has 94 valence electrons. The number of hydrogen-bond donors (Lipinski definition) is 2. The van der Waals surface area contributed by atoms with Gasteiger partial charge in [-0.1, -0.05) is 6.92 Å². The van der Waals surface area contributed by atoms with Crippen molar-refractivity contribution in [3.63, 3.8) is 0 Å². The number of hydrogen-bond acceptors (Lipinski definition) is 3. The molecule has 16 heavy (non-hydrogen) atoms. The van der Waals surface area contributed by atoms with Crippen molar-refractivity contribution in [2.24, 2.45) is 5.92 Å². The van der Waals surface area contributed by atoms with Crippen molar-refractivity contribution >= 4 is 16.2 Å². The average molecular weight is 250 g/mol. The van der Waals surface area contributed by atoms with E-state index in [0.717, 1.165) is 4.31 Å². The molecule has 1 saturated heterocycles. The first-order chi connectivity index (χ1) is 7.25. The molecule has 7 heteroatoms. The molecule has 1 fully saturated rings. The minimum Gasteiger partial charge on any atom is -0.480 e. The van der Waals surface area contributed by atoms with Gasteiger partial charge in [-0.2, -0.15) is 17.4 Å². The molecule has 0 amide bonds. The highest BCUT2D eigenvalue weighted by Crippen LogP contribution is 2.26. The Balaban J connectivity index is 2.91. The van der Waals surface area contributed by atoms with Gasteiger partial charge in [-0.25, -0.2) is 0 Å². The van der Waals surface area contributed by atoms with Crippen molar-refractivity contribution in [3.8, 4) is 0 Å². The number of carboxylic acid groups (broad SMARTS) is 1. The Morgan fingerprint density at radius 3 is 2.50 bits per heavy atom. The normalized spacial score (nSPS) is 27.5. The number of rotatable bonds is 4. The second-order valence-corrected chi connectivity index (χ2v) is 6.09. The van der Waals surface area contributed by atoms with E-state index in [0.29, 0.717) is 6.42 Å². The first kappa shape index (κ1) is 13.4. The van der Waals surface area contributed by atoms with Crippen molar-refractivity contribution in [2.75, 3.05) is 6.54 Å². The van der Waals surface area contributed by atoms with E-state index >= 15 is 0 Å². The summed E-state index contributed by atoms with van der Waals surface area (Å²) in [6.45, 7) is 5.42. The van der Waals surface area contributed by atoms with Gasteiger partial charge in [-0.3, -0.25) is 4.79 Å². The van der Waals surface area contributed by atoms with E-state index in [1.165, 1.54) is 0 Å². The predicted octanol–water partition coefficient (Wildman–Crippen LogP) is 0.0242. The highest BCUT2D eigenvalue weighted by Gasteiger charge is 2.43. The van der Waals surface area contributed by atoms with Crippen LogP contribution in [0.15, 0.2) is 0 Å². The van der Waals surface area contributed by atoms with Crippen LogP contribution >= 0.6 is 0 Å². The summed E-state index contributed by atoms with van der Waals surface area (Å²) in [7, 11) is -3.68. The Morgan fingerprint density at radius 1 is 1.50 bits per heavy atom. The van der Waals surface area contributed by atoms with E-state index in [1.54, 1.807) is 20.8 Å². The van der Waals surface area contributed by atoms with Crippen LogP contribution < -0.4 is 4.72 Å². The molecular formula is C9H18N2O4S. The summed E-state index contributed by atoms with van der Waals surface area (Å²) in [6.07, 6.45) is 0.579. The fourth-order valence-corrected chi connectivity index (χ4v) is 3.59. The zero-order valence-corrected chi connectivity index (χ0v) is 10.5. The Hall–Kier alpha value is -0.660. The van der Waals surface area contributed by atoms with Crippen LogP contribution in [0.5, 0.6) is 0 Å². The van der Waals surface area contributed by atoms with Crippen LogP contribution in [-0.4, -0.2) is 42.4 Å². The van der Waals surface area contributed by atoms with Gasteiger partial charge in [-0.05, 0) is 26.2 Å². The van der Waals surface area contributed by atoms with Crippen molar-refractivity contribution < 1.29 is 18.3 Å². The maximum atomic E-state index is 11.9. The Bertz CT molecular complexity index is 366. The molecule has 0 spiro atoms. The Morgan fingerprint density at radius 2 is 2.06 bits per heavy atom. The average Bonchev–Trinajstić information content (AvgIpc) is 2.44. The van der Waals surface area contributed by atoms with Crippen LogP contribution in [0.3, 0.4) is 0 Å². The second-order valence-electron chi connectivity index (χ2n) is 4.44. The van der Waals surface area contributed by atoms with Gasteiger partial charge in [0.2, 0.25) is 0 Å². The summed E-state index contributed by atoms with van der Waals surface area (Å²) in [5.74, 6) is -1.24. The molecule has 0 aromatic carbocycles. The van der Waals surface area contributed by atoms with Crippen LogP contribution in [-0.2, 0) is 15.0 Å². The minimum atomic E-state index is -3.68. The molecule has 0 radical (unpaired) electrons. The maximum Gasteiger partial charge on any atom is 0.322 e. The summed E-state index contributed by atoms with van der Waals surface area (Å²) in [5, 5.41) is 9.02. The zero-order chi connectivity index (χ0) is 12.5. The molecule has 1 aliphatic rings. The topological polar surface area (TPSA) is 86.7 Å². The first-order valence-electron chi connectivity index (χ1n) is 5.27. The molecule has 1 rings (SSSR count). The van der Waals surface area contributed by atoms with Crippen molar-refractivity contribution in [1.29, 1.82) is 0 Å². The lowest BCUT2D eigenvalue weighted by Crippen LogP contribution is -2.49. The second kappa shape index (κ2) is 4.68. The molecule has 1 aliphatic heterocycles. The van der Waals surface area contributed by atoms with Crippen LogP contribution in [0, 0.1) is 5.92 Å². The van der Waals surface area contributed by atoms with E-state index in [9.17, 15) is 13.2 Å². The Kier molecular flexibility index (Phi) is 3.92. The van der Waals surface area contributed by atoms with Gasteiger partial charge in [0.05, 0.1) is 0 Å². The molecule has 0 aliphatic carbocycles. The quantitative estimate of drug-likeness (QED) is 0.736. The highest BCUT2D eigenvalue weighted by atomic mass is 32.2. The molecule has 0 aromatic heterocycles. The fourth-order valence-electron chi connectivity index (χ4n) is 1.91. The van der Waals surface area contributed by atoms with Gasteiger partial charge in [0.1, 0.15) is 6.04 Å². The van der Waals surface area contributed by atoms with Crippen LogP contribution in [0.25, 0.3) is 0 Å². The zero-order valence-electron chi connectivity index (χ0n) is 9.67. The number of aliphatic carboxylic acids is 1. The van der Waals surface area contributed by atoms with Crippen LogP contribution in [0.1, 0.15) is 27.2 Å². The third kappa shape index (κ3) is 2.72. The molecule has 1 heterocycles. The third-order valence-electron chi connectivity index (χ3n) is 2.60. The lowest BCUT2D eigenvalue weighted by molar-refractivity contribution is -0.141. The number of nitrogens with one attached hydrogen (secondary N) is 1. The summed E-state index contributed by atoms with van der Waals surface area (Å²) in [6, 6.07) is -1.19. The van der Waals surface area contributed by atoms with E-state index in [2.05, 4.69) is 4.72 Å². The Labute approximate surface area is 95.8 Å². The molecule has 0 saturated carbocycles. The molecule has 2 N–H and O–H groups in total. The summed E-state index contributed by atoms with van der Waals surface area (Å²) in [5.41, 5.74) is 0. The van der Waals surface area contributed by atoms with Crippen LogP contribution in [0.2, 0.25) is 0 Å². The van der Waals surface area contributed by atoms with Crippen molar-refractivity contribution in [2.45, 2.75) is 39.3 Å². The molecule has 0 aromatic rings. The molecule has 2 atom stereocenters. The van der Waals surface area contributed by atoms with Crippen LogP contribution in [0.4, 0.5) is 0 Å². The van der Waals surface area contributed by atoms with Gasteiger partial charge < -0.3 is 5.11 Å². The van der Waals surface area contributed by atoms with E-state index in [4.69, 9.17) is 5.11 Å². The largest absolute Gasteiger partial charge is 0.480 e. The third-order valence-corrected chi connectivity index (χ3v) is 4.40. The van der Waals surface area contributed by atoms with Crippen molar-refractivity contribution in [1.82, 2.24) is 9.03 Å². The number of carboxylic acids is 1. The van der Waals surface area contributed by atoms with Gasteiger partial charge in [0.15, 0.2) is 0 Å². The van der Waals surface area contributed by atoms with E-state index in [1.807, 2.05) is 0 Å². The van der Waals surface area contributed by atoms with Gasteiger partial charge >= 0.3 is 5.97 Å². The van der Waals surface area contributed by atoms with E-state index < -0.39 is 22.2 Å².